The second kappa shape index (κ2) is 9.07. The number of nitrogens with one attached hydrogen (secondary N) is 3. The van der Waals surface area contributed by atoms with E-state index in [1.807, 2.05) is 6.20 Å². The van der Waals surface area contributed by atoms with Gasteiger partial charge >= 0.3 is 0 Å². The lowest BCUT2D eigenvalue weighted by molar-refractivity contribution is 0.310. The molecule has 1 unspecified atom stereocenters. The maximum Gasteiger partial charge on any atom is 0.237 e. The van der Waals surface area contributed by atoms with Crippen LogP contribution in [-0.4, -0.2) is 60.7 Å². The molecule has 0 aliphatic carbocycles. The van der Waals surface area contributed by atoms with Crippen LogP contribution in [0, 0.1) is 6.92 Å². The minimum absolute atomic E-state index is 0.298. The molecule has 35 heavy (non-hydrogen) atoms. The van der Waals surface area contributed by atoms with Crippen LogP contribution in [0.25, 0.3) is 0 Å². The van der Waals surface area contributed by atoms with Gasteiger partial charge in [-0.15, -0.1) is 0 Å². The third-order valence-electron chi connectivity index (χ3n) is 7.67. The van der Waals surface area contributed by atoms with E-state index in [-0.39, 0.29) is 5.54 Å². The Bertz CT molecular complexity index is 1150. The first-order valence-electron chi connectivity index (χ1n) is 12.8. The molecule has 4 aliphatic rings. The van der Waals surface area contributed by atoms with Crippen molar-refractivity contribution in [3.63, 3.8) is 0 Å². The topological polar surface area (TPSA) is 77.0 Å². The molecule has 8 heteroatoms. The number of anilines is 3. The minimum Gasteiger partial charge on any atom is -0.474 e. The third kappa shape index (κ3) is 4.43. The highest BCUT2D eigenvalue weighted by Crippen LogP contribution is 2.39. The summed E-state index contributed by atoms with van der Waals surface area (Å²) in [6.07, 6.45) is 7.70. The van der Waals surface area contributed by atoms with Crippen LogP contribution in [0.3, 0.4) is 0 Å². The van der Waals surface area contributed by atoms with Crippen molar-refractivity contribution in [3.05, 3.63) is 53.4 Å². The van der Waals surface area contributed by atoms with Gasteiger partial charge in [-0.05, 0) is 69.5 Å². The average Bonchev–Trinajstić information content (AvgIpc) is 3.38. The Hall–Kier alpha value is -3.26. The van der Waals surface area contributed by atoms with Gasteiger partial charge in [0.15, 0.2) is 0 Å². The van der Waals surface area contributed by atoms with Gasteiger partial charge < -0.3 is 25.6 Å². The molecule has 2 fully saturated rings. The number of nitrogens with zero attached hydrogens (tertiary/aromatic N) is 4. The molecule has 1 aromatic carbocycles. The quantitative estimate of drug-likeness (QED) is 0.625. The van der Waals surface area contributed by atoms with E-state index >= 15 is 0 Å². The van der Waals surface area contributed by atoms with Crippen LogP contribution in [-0.2, 0) is 6.54 Å². The second-order valence-corrected chi connectivity index (χ2v) is 10.2. The molecule has 0 bridgehead atoms. The molecule has 0 saturated carbocycles. The number of aliphatic imine (C=N–C) groups is 1. The lowest BCUT2D eigenvalue weighted by Crippen LogP contribution is -2.51. The van der Waals surface area contributed by atoms with Crippen molar-refractivity contribution >= 4 is 23.0 Å². The van der Waals surface area contributed by atoms with E-state index in [2.05, 4.69) is 75.0 Å². The van der Waals surface area contributed by atoms with Crippen LogP contribution in [0.2, 0.25) is 0 Å². The van der Waals surface area contributed by atoms with E-state index in [1.54, 1.807) is 0 Å². The molecule has 0 spiro atoms. The van der Waals surface area contributed by atoms with Gasteiger partial charge in [-0.3, -0.25) is 4.90 Å². The van der Waals surface area contributed by atoms with Crippen molar-refractivity contribution in [1.29, 1.82) is 0 Å². The number of fused-ring (bicyclic) bond motifs is 2. The number of hydrogen-bond acceptors (Lipinski definition) is 8. The SMILES string of the molecule is Cc1c(N2CCC3=CNC(Nc4ccc(CN5CCCC5)cc4)=NC3(C)C2)cnc2c1NCCO2. The number of guanidine groups is 1. The van der Waals surface area contributed by atoms with Gasteiger partial charge in [0.25, 0.3) is 0 Å². The van der Waals surface area contributed by atoms with E-state index in [4.69, 9.17) is 9.73 Å². The van der Waals surface area contributed by atoms with Crippen molar-refractivity contribution in [3.8, 4) is 5.88 Å². The number of pyridine rings is 1. The van der Waals surface area contributed by atoms with E-state index in [1.165, 1.54) is 42.6 Å². The molecular weight excluding hydrogens is 438 g/mol. The fraction of sp³-hybridized carbons (Fsp3) is 0.481. The Morgan fingerprint density at radius 3 is 2.80 bits per heavy atom. The maximum absolute atomic E-state index is 5.72. The molecule has 6 rings (SSSR count). The standard InChI is InChI=1S/C27H35N7O/c1-19-23(16-29-25-24(19)28-10-14-35-25)34-13-9-21-15-30-26(32-27(21,2)18-34)31-22-7-5-20(6-8-22)17-33-11-3-4-12-33/h5-8,15-16,28H,3-4,9-14,17-18H2,1-2H3,(H2,30,31,32). The van der Waals surface area contributed by atoms with Crippen LogP contribution in [0.1, 0.15) is 37.3 Å². The summed E-state index contributed by atoms with van der Waals surface area (Å²) in [5.74, 6) is 1.50. The van der Waals surface area contributed by atoms with Crippen molar-refractivity contribution in [2.45, 2.75) is 45.2 Å². The minimum atomic E-state index is -0.298. The highest BCUT2D eigenvalue weighted by molar-refractivity contribution is 5.95. The number of likely N-dealkylation sites (tertiary alicyclic amines) is 1. The molecule has 3 N–H and O–H groups in total. The van der Waals surface area contributed by atoms with Gasteiger partial charge in [0, 0.05) is 43.6 Å². The summed E-state index contributed by atoms with van der Waals surface area (Å²) in [7, 11) is 0. The van der Waals surface area contributed by atoms with E-state index < -0.39 is 0 Å². The van der Waals surface area contributed by atoms with Crippen molar-refractivity contribution < 1.29 is 4.74 Å². The Morgan fingerprint density at radius 1 is 1.14 bits per heavy atom. The number of piperidine rings is 1. The predicted molar refractivity (Wildman–Crippen MR) is 141 cm³/mol. The summed E-state index contributed by atoms with van der Waals surface area (Å²) >= 11 is 0. The number of ether oxygens (including phenoxy) is 1. The maximum atomic E-state index is 5.72. The molecule has 0 amide bonds. The van der Waals surface area contributed by atoms with Crippen LogP contribution in [0.15, 0.2) is 47.2 Å². The van der Waals surface area contributed by atoms with Crippen molar-refractivity contribution in [1.82, 2.24) is 15.2 Å². The molecule has 2 aromatic rings. The number of hydrogen-bond donors (Lipinski definition) is 3. The van der Waals surface area contributed by atoms with Gasteiger partial charge in [0.2, 0.25) is 11.8 Å². The Balaban J connectivity index is 1.16. The van der Waals surface area contributed by atoms with Crippen LogP contribution in [0.5, 0.6) is 5.88 Å². The first-order chi connectivity index (χ1) is 17.1. The smallest absolute Gasteiger partial charge is 0.237 e. The largest absolute Gasteiger partial charge is 0.474 e. The fourth-order valence-corrected chi connectivity index (χ4v) is 5.67. The van der Waals surface area contributed by atoms with E-state index in [0.717, 1.165) is 55.6 Å². The summed E-state index contributed by atoms with van der Waals surface area (Å²) in [6, 6.07) is 8.75. The fourth-order valence-electron chi connectivity index (χ4n) is 5.67. The van der Waals surface area contributed by atoms with Crippen LogP contribution in [0.4, 0.5) is 17.1 Å². The van der Waals surface area contributed by atoms with Gasteiger partial charge in [0.1, 0.15) is 17.8 Å². The van der Waals surface area contributed by atoms with Gasteiger partial charge in [0.05, 0.1) is 11.9 Å². The third-order valence-corrected chi connectivity index (χ3v) is 7.67. The molecule has 4 aliphatic heterocycles. The van der Waals surface area contributed by atoms with Crippen molar-refractivity contribution in [2.75, 3.05) is 54.9 Å². The summed E-state index contributed by atoms with van der Waals surface area (Å²) < 4.78 is 5.72. The summed E-state index contributed by atoms with van der Waals surface area (Å²) in [4.78, 5) is 14.7. The number of aromatic nitrogens is 1. The molecule has 5 heterocycles. The second-order valence-electron chi connectivity index (χ2n) is 10.2. The molecule has 1 atom stereocenters. The lowest BCUT2D eigenvalue weighted by Gasteiger charge is -2.43. The molecule has 1 aromatic heterocycles. The van der Waals surface area contributed by atoms with E-state index in [0.29, 0.717) is 12.5 Å². The Labute approximate surface area is 207 Å². The van der Waals surface area contributed by atoms with Gasteiger partial charge in [-0.1, -0.05) is 12.1 Å². The lowest BCUT2D eigenvalue weighted by atomic mass is 9.85. The monoisotopic (exact) mass is 473 g/mol. The number of benzene rings is 1. The van der Waals surface area contributed by atoms with Crippen molar-refractivity contribution in [2.24, 2.45) is 4.99 Å². The zero-order chi connectivity index (χ0) is 23.8. The normalized spacial score (nSPS) is 23.8. The zero-order valence-corrected chi connectivity index (χ0v) is 20.7. The van der Waals surface area contributed by atoms with Gasteiger partial charge in [-0.25, -0.2) is 9.98 Å². The molecule has 8 nitrogen and oxygen atoms in total. The highest BCUT2D eigenvalue weighted by atomic mass is 16.5. The zero-order valence-electron chi connectivity index (χ0n) is 20.7. The average molecular weight is 474 g/mol. The molecular formula is C27H35N7O. The summed E-state index contributed by atoms with van der Waals surface area (Å²) in [6.45, 7) is 11.1. The van der Waals surface area contributed by atoms with Crippen LogP contribution >= 0.6 is 0 Å². The number of rotatable bonds is 4. The molecule has 184 valence electrons. The first-order valence-corrected chi connectivity index (χ1v) is 12.8. The first kappa shape index (κ1) is 22.2. The Morgan fingerprint density at radius 2 is 1.97 bits per heavy atom. The highest BCUT2D eigenvalue weighted by Gasteiger charge is 2.38. The Kier molecular flexibility index (Phi) is 5.76. The predicted octanol–water partition coefficient (Wildman–Crippen LogP) is 3.71. The molecule has 0 radical (unpaired) electrons. The molecule has 2 saturated heterocycles. The van der Waals surface area contributed by atoms with E-state index in [9.17, 15) is 0 Å². The summed E-state index contributed by atoms with van der Waals surface area (Å²) in [5, 5.41) is 10.3. The van der Waals surface area contributed by atoms with Gasteiger partial charge in [-0.2, -0.15) is 0 Å². The summed E-state index contributed by atoms with van der Waals surface area (Å²) in [5.41, 5.74) is 6.82. The van der Waals surface area contributed by atoms with Crippen LogP contribution < -0.4 is 25.6 Å².